The van der Waals surface area contributed by atoms with Crippen molar-refractivity contribution >= 4 is 17.6 Å². The van der Waals surface area contributed by atoms with Gasteiger partial charge in [-0.15, -0.1) is 10.2 Å². The Kier molecular flexibility index (Phi) is 10.8. The lowest BCUT2D eigenvalue weighted by atomic mass is 9.95. The number of halogens is 1. The number of hydrogen-bond donors (Lipinski definition) is 4. The maximum Gasteiger partial charge on any atom is 0.323 e. The standard InChI is InChI=1S/C29H37ClN8O2/c1-3-4-13-25-33-26(27(30)34-25)24(40-29(39)23(32-2)12-8-9-16-31)18-19-14-15-21(20-10-6-5-7-11-20)22(17-19)28-35-37-38-36-28/h5-7,10-11,14-15,17,23-24,32H,3-4,8-9,12-13,16,18,31H2,1-2H3,(H,33,34)(H,35,36,37,38)/t23-,24-/m0/s1. The number of benzene rings is 2. The van der Waals surface area contributed by atoms with E-state index >= 15 is 0 Å². The van der Waals surface area contributed by atoms with Crippen molar-refractivity contribution in [3.05, 3.63) is 70.8 Å². The van der Waals surface area contributed by atoms with E-state index < -0.39 is 12.1 Å². The lowest BCUT2D eigenvalue weighted by Gasteiger charge is -2.22. The normalized spacial score (nSPS) is 12.8. The average molecular weight is 565 g/mol. The van der Waals surface area contributed by atoms with Gasteiger partial charge in [0.25, 0.3) is 0 Å². The molecule has 0 spiro atoms. The fourth-order valence-corrected chi connectivity index (χ4v) is 4.92. The zero-order chi connectivity index (χ0) is 28.3. The number of hydrogen-bond acceptors (Lipinski definition) is 8. The number of nitrogens with zero attached hydrogens (tertiary/aromatic N) is 4. The Labute approximate surface area is 239 Å². The molecule has 0 saturated carbocycles. The molecule has 2 aromatic carbocycles. The van der Waals surface area contributed by atoms with Crippen molar-refractivity contribution < 1.29 is 9.53 Å². The summed E-state index contributed by atoms with van der Waals surface area (Å²) in [5.41, 5.74) is 9.97. The SMILES string of the molecule is CCCCc1nc(Cl)c([C@H](Cc2ccc(-c3ccccc3)c(-c3nn[nH]n3)c2)OC(=O)[C@H](CCCCN)NC)[nH]1. The van der Waals surface area contributed by atoms with Crippen LogP contribution >= 0.6 is 11.6 Å². The maximum absolute atomic E-state index is 13.3. The number of esters is 1. The Bertz CT molecular complexity index is 1340. The molecule has 0 unspecified atom stereocenters. The molecule has 40 heavy (non-hydrogen) atoms. The number of aryl methyl sites for hydroxylation is 1. The smallest absolute Gasteiger partial charge is 0.323 e. The number of carbonyl (C=O) groups is 1. The highest BCUT2D eigenvalue weighted by molar-refractivity contribution is 6.30. The van der Waals surface area contributed by atoms with Crippen molar-refractivity contribution in [3.8, 4) is 22.5 Å². The molecule has 212 valence electrons. The predicted molar refractivity (Wildman–Crippen MR) is 156 cm³/mol. The molecular weight excluding hydrogens is 528 g/mol. The summed E-state index contributed by atoms with van der Waals surface area (Å²) in [5, 5.41) is 18.1. The molecule has 2 aromatic heterocycles. The topological polar surface area (TPSA) is 147 Å². The molecule has 11 heteroatoms. The second-order valence-corrected chi connectivity index (χ2v) is 10.1. The number of tetrazole rings is 1. The Morgan fingerprint density at radius 3 is 2.65 bits per heavy atom. The lowest BCUT2D eigenvalue weighted by Crippen LogP contribution is -2.36. The highest BCUT2D eigenvalue weighted by atomic mass is 35.5. The summed E-state index contributed by atoms with van der Waals surface area (Å²) >= 11 is 6.61. The van der Waals surface area contributed by atoms with Crippen LogP contribution in [0.3, 0.4) is 0 Å². The lowest BCUT2D eigenvalue weighted by molar-refractivity contribution is -0.152. The van der Waals surface area contributed by atoms with Gasteiger partial charge in [0.1, 0.15) is 18.0 Å². The highest BCUT2D eigenvalue weighted by Crippen LogP contribution is 2.34. The van der Waals surface area contributed by atoms with Crippen molar-refractivity contribution in [1.29, 1.82) is 0 Å². The van der Waals surface area contributed by atoms with E-state index in [0.29, 0.717) is 36.1 Å². The van der Waals surface area contributed by atoms with E-state index in [9.17, 15) is 4.79 Å². The summed E-state index contributed by atoms with van der Waals surface area (Å²) in [5.74, 6) is 0.915. The van der Waals surface area contributed by atoms with Crippen molar-refractivity contribution in [2.24, 2.45) is 5.73 Å². The van der Waals surface area contributed by atoms with E-state index in [1.165, 1.54) is 0 Å². The third-order valence-electron chi connectivity index (χ3n) is 6.84. The van der Waals surface area contributed by atoms with Crippen molar-refractivity contribution in [1.82, 2.24) is 35.9 Å². The van der Waals surface area contributed by atoms with Gasteiger partial charge in [0.05, 0.1) is 5.69 Å². The summed E-state index contributed by atoms with van der Waals surface area (Å²) in [6.07, 6.45) is 4.77. The average Bonchev–Trinajstić information content (AvgIpc) is 3.64. The van der Waals surface area contributed by atoms with Crippen molar-refractivity contribution in [2.45, 2.75) is 64.0 Å². The first-order valence-electron chi connectivity index (χ1n) is 13.8. The number of aromatic nitrogens is 6. The van der Waals surface area contributed by atoms with E-state index in [1.807, 2.05) is 48.5 Å². The third-order valence-corrected chi connectivity index (χ3v) is 7.13. The molecule has 0 aliphatic rings. The third kappa shape index (κ3) is 7.53. The molecule has 0 amide bonds. The van der Waals surface area contributed by atoms with Gasteiger partial charge in [-0.2, -0.15) is 5.21 Å². The minimum absolute atomic E-state index is 0.312. The number of imidazole rings is 1. The van der Waals surface area contributed by atoms with Crippen LogP contribution in [0.1, 0.15) is 62.2 Å². The van der Waals surface area contributed by atoms with Gasteiger partial charge in [-0.05, 0) is 60.8 Å². The highest BCUT2D eigenvalue weighted by Gasteiger charge is 2.27. The number of rotatable bonds is 15. The minimum Gasteiger partial charge on any atom is -0.454 e. The number of likely N-dealkylation sites (N-methyl/N-ethyl adjacent to an activating group) is 1. The van der Waals surface area contributed by atoms with Crippen LogP contribution in [0.5, 0.6) is 0 Å². The second kappa shape index (κ2) is 14.7. The molecule has 4 aromatic rings. The maximum atomic E-state index is 13.3. The van der Waals surface area contributed by atoms with Crippen LogP contribution in [-0.4, -0.2) is 56.2 Å². The van der Waals surface area contributed by atoms with E-state index in [2.05, 4.69) is 42.8 Å². The van der Waals surface area contributed by atoms with Gasteiger partial charge in [-0.1, -0.05) is 73.8 Å². The zero-order valence-electron chi connectivity index (χ0n) is 23.0. The first-order chi connectivity index (χ1) is 19.5. The quantitative estimate of drug-likeness (QED) is 0.119. The molecule has 0 aliphatic carbocycles. The molecule has 0 radical (unpaired) electrons. The van der Waals surface area contributed by atoms with E-state index in [4.69, 9.17) is 22.1 Å². The molecule has 0 bridgehead atoms. The fraction of sp³-hybridized carbons (Fsp3) is 0.414. The number of nitrogens with one attached hydrogen (secondary N) is 3. The van der Waals surface area contributed by atoms with Crippen LogP contribution in [0.25, 0.3) is 22.5 Å². The molecule has 2 atom stereocenters. The summed E-state index contributed by atoms with van der Waals surface area (Å²) < 4.78 is 6.13. The summed E-state index contributed by atoms with van der Waals surface area (Å²) in [7, 11) is 1.76. The Hall–Kier alpha value is -3.60. The zero-order valence-corrected chi connectivity index (χ0v) is 23.7. The summed E-state index contributed by atoms with van der Waals surface area (Å²) in [6.45, 7) is 2.71. The Morgan fingerprint density at radius 1 is 1.12 bits per heavy atom. The van der Waals surface area contributed by atoms with Crippen LogP contribution in [-0.2, 0) is 22.4 Å². The number of nitrogens with two attached hydrogens (primary N) is 1. The van der Waals surface area contributed by atoms with Crippen LogP contribution in [0, 0.1) is 0 Å². The fourth-order valence-electron chi connectivity index (χ4n) is 4.65. The van der Waals surface area contributed by atoms with Gasteiger partial charge in [-0.3, -0.25) is 4.79 Å². The van der Waals surface area contributed by atoms with E-state index in [-0.39, 0.29) is 5.97 Å². The van der Waals surface area contributed by atoms with Gasteiger partial charge in [0.2, 0.25) is 5.82 Å². The summed E-state index contributed by atoms with van der Waals surface area (Å²) in [6, 6.07) is 15.6. The number of H-pyrrole nitrogens is 2. The molecular formula is C29H37ClN8O2. The summed E-state index contributed by atoms with van der Waals surface area (Å²) in [4.78, 5) is 21.1. The monoisotopic (exact) mass is 564 g/mol. The van der Waals surface area contributed by atoms with Crippen molar-refractivity contribution in [3.63, 3.8) is 0 Å². The predicted octanol–water partition coefficient (Wildman–Crippen LogP) is 4.80. The first kappa shape index (κ1) is 29.4. The Balaban J connectivity index is 1.67. The van der Waals surface area contributed by atoms with Crippen LogP contribution < -0.4 is 11.1 Å². The molecule has 0 saturated heterocycles. The number of ether oxygens (including phenoxy) is 1. The Morgan fingerprint density at radius 2 is 1.95 bits per heavy atom. The molecule has 5 N–H and O–H groups in total. The number of carbonyl (C=O) groups excluding carboxylic acids is 1. The minimum atomic E-state index is -0.672. The first-order valence-corrected chi connectivity index (χ1v) is 14.2. The molecule has 2 heterocycles. The van der Waals surface area contributed by atoms with Gasteiger partial charge >= 0.3 is 5.97 Å². The van der Waals surface area contributed by atoms with Gasteiger partial charge in [0.15, 0.2) is 5.15 Å². The number of unbranched alkanes of at least 4 members (excludes halogenated alkanes) is 2. The molecule has 0 aliphatic heterocycles. The van der Waals surface area contributed by atoms with Gasteiger partial charge < -0.3 is 20.8 Å². The molecule has 0 fully saturated rings. The number of aromatic amines is 2. The van der Waals surface area contributed by atoms with Crippen LogP contribution in [0.15, 0.2) is 48.5 Å². The molecule has 4 rings (SSSR count). The second-order valence-electron chi connectivity index (χ2n) is 9.73. The van der Waals surface area contributed by atoms with Crippen LogP contribution in [0.4, 0.5) is 0 Å². The van der Waals surface area contributed by atoms with Crippen molar-refractivity contribution in [2.75, 3.05) is 13.6 Å². The molecule has 10 nitrogen and oxygen atoms in total. The van der Waals surface area contributed by atoms with E-state index in [0.717, 1.165) is 60.2 Å². The van der Waals surface area contributed by atoms with E-state index in [1.54, 1.807) is 7.05 Å². The van der Waals surface area contributed by atoms with Gasteiger partial charge in [0, 0.05) is 18.4 Å². The largest absolute Gasteiger partial charge is 0.454 e. The van der Waals surface area contributed by atoms with Crippen LogP contribution in [0.2, 0.25) is 5.15 Å². The van der Waals surface area contributed by atoms with Gasteiger partial charge in [-0.25, -0.2) is 4.98 Å².